The van der Waals surface area contributed by atoms with Crippen molar-refractivity contribution in [3.05, 3.63) is 35.9 Å². The predicted molar refractivity (Wildman–Crippen MR) is 61.7 cm³/mol. The highest BCUT2D eigenvalue weighted by atomic mass is 32.2. The van der Waals surface area contributed by atoms with Crippen molar-refractivity contribution in [2.75, 3.05) is 5.75 Å². The van der Waals surface area contributed by atoms with Gasteiger partial charge in [-0.1, -0.05) is 30.3 Å². The lowest BCUT2D eigenvalue weighted by molar-refractivity contribution is 0.516. The van der Waals surface area contributed by atoms with E-state index in [0.717, 1.165) is 12.8 Å². The van der Waals surface area contributed by atoms with Gasteiger partial charge in [0.25, 0.3) is 0 Å². The molecule has 82 valence electrons. The molecule has 0 radical (unpaired) electrons. The predicted octanol–water partition coefficient (Wildman–Crippen LogP) is 2.37. The van der Waals surface area contributed by atoms with E-state index in [9.17, 15) is 8.42 Å². The van der Waals surface area contributed by atoms with Gasteiger partial charge in [-0.2, -0.15) is 0 Å². The summed E-state index contributed by atoms with van der Waals surface area (Å²) in [6.45, 7) is 1.82. The van der Waals surface area contributed by atoms with E-state index in [1.807, 2.05) is 25.1 Å². The molecule has 1 aliphatic heterocycles. The van der Waals surface area contributed by atoms with E-state index >= 15 is 0 Å². The van der Waals surface area contributed by atoms with E-state index in [4.69, 9.17) is 0 Å². The zero-order chi connectivity index (χ0) is 10.9. The van der Waals surface area contributed by atoms with Crippen molar-refractivity contribution in [1.29, 1.82) is 0 Å². The van der Waals surface area contributed by atoms with Gasteiger partial charge in [0, 0.05) is 0 Å². The molecule has 0 saturated carbocycles. The molecule has 3 heteroatoms. The molecule has 1 fully saturated rings. The maximum atomic E-state index is 11.6. The Kier molecular flexibility index (Phi) is 2.83. The summed E-state index contributed by atoms with van der Waals surface area (Å²) in [5.74, 6) is 0.762. The Bertz CT molecular complexity index is 422. The molecule has 2 atom stereocenters. The van der Waals surface area contributed by atoms with Crippen molar-refractivity contribution in [1.82, 2.24) is 0 Å². The third-order valence-electron chi connectivity index (χ3n) is 3.25. The van der Waals surface area contributed by atoms with Crippen LogP contribution in [0.4, 0.5) is 0 Å². The van der Waals surface area contributed by atoms with E-state index in [2.05, 4.69) is 12.1 Å². The lowest BCUT2D eigenvalue weighted by Gasteiger charge is -2.27. The normalized spacial score (nSPS) is 29.9. The average molecular weight is 224 g/mol. The van der Waals surface area contributed by atoms with E-state index in [1.54, 1.807) is 0 Å². The minimum atomic E-state index is -2.80. The van der Waals surface area contributed by atoms with Crippen molar-refractivity contribution in [2.24, 2.45) is 0 Å². The summed E-state index contributed by atoms with van der Waals surface area (Å²) in [7, 11) is -2.80. The summed E-state index contributed by atoms with van der Waals surface area (Å²) >= 11 is 0. The first-order valence-electron chi connectivity index (χ1n) is 5.36. The maximum Gasteiger partial charge on any atom is 0.152 e. The molecule has 0 bridgehead atoms. The third-order valence-corrected chi connectivity index (χ3v) is 5.47. The van der Waals surface area contributed by atoms with Crippen LogP contribution in [0.15, 0.2) is 30.3 Å². The minimum Gasteiger partial charge on any atom is -0.229 e. The van der Waals surface area contributed by atoms with E-state index in [1.165, 1.54) is 5.56 Å². The molecule has 1 saturated heterocycles. The van der Waals surface area contributed by atoms with Crippen LogP contribution in [0.2, 0.25) is 0 Å². The van der Waals surface area contributed by atoms with Crippen molar-refractivity contribution < 1.29 is 8.42 Å². The van der Waals surface area contributed by atoms with Crippen LogP contribution in [0.5, 0.6) is 0 Å². The Hall–Kier alpha value is -0.830. The first kappa shape index (κ1) is 10.7. The zero-order valence-electron chi connectivity index (χ0n) is 8.89. The zero-order valence-corrected chi connectivity index (χ0v) is 9.70. The fourth-order valence-corrected chi connectivity index (χ4v) is 3.74. The van der Waals surface area contributed by atoms with Crippen LogP contribution < -0.4 is 0 Å². The van der Waals surface area contributed by atoms with Gasteiger partial charge in [-0.05, 0) is 31.2 Å². The molecule has 15 heavy (non-hydrogen) atoms. The quantitative estimate of drug-likeness (QED) is 0.734. The first-order chi connectivity index (χ1) is 7.09. The van der Waals surface area contributed by atoms with Gasteiger partial charge in [0.05, 0.1) is 11.0 Å². The number of sulfone groups is 1. The second kappa shape index (κ2) is 3.97. The highest BCUT2D eigenvalue weighted by Crippen LogP contribution is 2.32. The van der Waals surface area contributed by atoms with Crippen LogP contribution in [-0.4, -0.2) is 19.4 Å². The fraction of sp³-hybridized carbons (Fsp3) is 0.500. The highest BCUT2D eigenvalue weighted by Gasteiger charge is 2.31. The van der Waals surface area contributed by atoms with Crippen molar-refractivity contribution >= 4 is 9.84 Å². The molecule has 1 aromatic carbocycles. The van der Waals surface area contributed by atoms with Crippen LogP contribution >= 0.6 is 0 Å². The van der Waals surface area contributed by atoms with Gasteiger partial charge in [0.15, 0.2) is 9.84 Å². The Morgan fingerprint density at radius 2 is 1.87 bits per heavy atom. The fourth-order valence-electron chi connectivity index (χ4n) is 2.20. The standard InChI is InChI=1S/C12H16O2S/c1-10-9-12(7-8-15(10,13)14)11-5-3-2-4-6-11/h2-6,10,12H,7-9H2,1H3. The van der Waals surface area contributed by atoms with E-state index in [0.29, 0.717) is 11.7 Å². The molecule has 1 heterocycles. The first-order valence-corrected chi connectivity index (χ1v) is 7.07. The summed E-state index contributed by atoms with van der Waals surface area (Å²) in [4.78, 5) is 0. The molecule has 0 amide bonds. The second-order valence-corrected chi connectivity index (χ2v) is 6.85. The summed E-state index contributed by atoms with van der Waals surface area (Å²) in [5, 5.41) is -0.184. The van der Waals surface area contributed by atoms with E-state index in [-0.39, 0.29) is 5.25 Å². The van der Waals surface area contributed by atoms with Gasteiger partial charge < -0.3 is 0 Å². The Labute approximate surface area is 91.2 Å². The van der Waals surface area contributed by atoms with Gasteiger partial charge in [-0.3, -0.25) is 0 Å². The van der Waals surface area contributed by atoms with Crippen LogP contribution in [0.3, 0.4) is 0 Å². The van der Waals surface area contributed by atoms with Crippen molar-refractivity contribution in [3.63, 3.8) is 0 Å². The molecule has 0 spiro atoms. The highest BCUT2D eigenvalue weighted by molar-refractivity contribution is 7.92. The van der Waals surface area contributed by atoms with Gasteiger partial charge in [-0.25, -0.2) is 8.42 Å². The second-order valence-electron chi connectivity index (χ2n) is 4.31. The third kappa shape index (κ3) is 2.23. The molecule has 1 aliphatic rings. The number of hydrogen-bond acceptors (Lipinski definition) is 2. The monoisotopic (exact) mass is 224 g/mol. The average Bonchev–Trinajstić information content (AvgIpc) is 2.23. The lowest BCUT2D eigenvalue weighted by Crippen LogP contribution is -2.29. The van der Waals surface area contributed by atoms with Gasteiger partial charge >= 0.3 is 0 Å². The molecule has 2 nitrogen and oxygen atoms in total. The molecular weight excluding hydrogens is 208 g/mol. The molecule has 0 aliphatic carbocycles. The van der Waals surface area contributed by atoms with Crippen molar-refractivity contribution in [2.45, 2.75) is 30.9 Å². The van der Waals surface area contributed by atoms with Crippen LogP contribution in [0.1, 0.15) is 31.2 Å². The summed E-state index contributed by atoms with van der Waals surface area (Å²) in [5.41, 5.74) is 1.28. The number of hydrogen-bond donors (Lipinski definition) is 0. The maximum absolute atomic E-state index is 11.6. The summed E-state index contributed by atoms with van der Waals surface area (Å²) in [6, 6.07) is 10.2. The molecule has 1 aromatic rings. The molecule has 0 N–H and O–H groups in total. The number of rotatable bonds is 1. The van der Waals surface area contributed by atoms with Gasteiger partial charge in [-0.15, -0.1) is 0 Å². The molecular formula is C12H16O2S. The van der Waals surface area contributed by atoms with E-state index < -0.39 is 9.84 Å². The molecule has 2 rings (SSSR count). The van der Waals surface area contributed by atoms with Gasteiger partial charge in [0.2, 0.25) is 0 Å². The SMILES string of the molecule is CC1CC(c2ccccc2)CCS1(=O)=O. The summed E-state index contributed by atoms with van der Waals surface area (Å²) < 4.78 is 23.1. The van der Waals surface area contributed by atoms with Gasteiger partial charge in [0.1, 0.15) is 0 Å². The Morgan fingerprint density at radius 1 is 1.20 bits per heavy atom. The molecule has 0 aromatic heterocycles. The smallest absolute Gasteiger partial charge is 0.152 e. The van der Waals surface area contributed by atoms with Crippen LogP contribution in [-0.2, 0) is 9.84 Å². The lowest BCUT2D eigenvalue weighted by atomic mass is 9.92. The summed E-state index contributed by atoms with van der Waals surface area (Å²) in [6.07, 6.45) is 1.54. The molecule has 2 unspecified atom stereocenters. The topological polar surface area (TPSA) is 34.1 Å². The Morgan fingerprint density at radius 3 is 2.47 bits per heavy atom. The minimum absolute atomic E-state index is 0.184. The van der Waals surface area contributed by atoms with Crippen LogP contribution in [0.25, 0.3) is 0 Å². The Balaban J connectivity index is 2.16. The number of benzene rings is 1. The van der Waals surface area contributed by atoms with Crippen LogP contribution in [0, 0.1) is 0 Å². The largest absolute Gasteiger partial charge is 0.229 e. The van der Waals surface area contributed by atoms with Crippen molar-refractivity contribution in [3.8, 4) is 0 Å².